The molecule has 19 heavy (non-hydrogen) atoms. The number of rotatable bonds is 3. The molecule has 3 aliphatic rings. The van der Waals surface area contributed by atoms with Gasteiger partial charge in [-0.2, -0.15) is 0 Å². The number of nitrogens with zero attached hydrogens (tertiary/aromatic N) is 1. The van der Waals surface area contributed by atoms with E-state index in [2.05, 4.69) is 27.7 Å². The Hall–Kier alpha value is -0.380. The summed E-state index contributed by atoms with van der Waals surface area (Å²) in [4.78, 5) is 4.35. The van der Waals surface area contributed by atoms with Crippen molar-refractivity contribution in [1.29, 1.82) is 0 Å². The molecule has 1 atom stereocenters. The monoisotopic (exact) mass is 276 g/mol. The standard InChI is InChI=1S/C16H24N2S/c1-2-8-16(7-1)12-18(11-14-4-3-9-19-14)15(10-17-16)13-5-6-13/h3-4,9,13,15,17H,1-2,5-8,10-12H2. The highest BCUT2D eigenvalue weighted by molar-refractivity contribution is 7.09. The van der Waals surface area contributed by atoms with Crippen LogP contribution < -0.4 is 5.32 Å². The third kappa shape index (κ3) is 2.48. The quantitative estimate of drug-likeness (QED) is 0.911. The zero-order chi connectivity index (χ0) is 12.7. The first-order valence-electron chi connectivity index (χ1n) is 7.86. The molecule has 4 rings (SSSR count). The lowest BCUT2D eigenvalue weighted by Gasteiger charge is -2.46. The fourth-order valence-electron chi connectivity index (χ4n) is 4.12. The summed E-state index contributed by atoms with van der Waals surface area (Å²) >= 11 is 1.92. The lowest BCUT2D eigenvalue weighted by molar-refractivity contribution is 0.0636. The molecular formula is C16H24N2S. The Balaban J connectivity index is 1.51. The molecule has 0 radical (unpaired) electrons. The summed E-state index contributed by atoms with van der Waals surface area (Å²) in [5.74, 6) is 0.978. The largest absolute Gasteiger partial charge is 0.308 e. The summed E-state index contributed by atoms with van der Waals surface area (Å²) in [5, 5.41) is 6.15. The Morgan fingerprint density at radius 1 is 1.32 bits per heavy atom. The zero-order valence-corrected chi connectivity index (χ0v) is 12.4. The molecule has 1 aliphatic heterocycles. The predicted octanol–water partition coefficient (Wildman–Crippen LogP) is 3.24. The van der Waals surface area contributed by atoms with Gasteiger partial charge in [0.25, 0.3) is 0 Å². The maximum Gasteiger partial charge on any atom is 0.0332 e. The van der Waals surface area contributed by atoms with E-state index in [1.54, 1.807) is 4.88 Å². The van der Waals surface area contributed by atoms with Crippen LogP contribution in [-0.4, -0.2) is 29.6 Å². The van der Waals surface area contributed by atoms with Gasteiger partial charge in [-0.05, 0) is 43.0 Å². The molecule has 1 unspecified atom stereocenters. The van der Waals surface area contributed by atoms with Crippen LogP contribution in [-0.2, 0) is 6.54 Å². The summed E-state index contributed by atoms with van der Waals surface area (Å²) in [6.07, 6.45) is 8.55. The van der Waals surface area contributed by atoms with Crippen molar-refractivity contribution in [2.45, 2.75) is 56.7 Å². The van der Waals surface area contributed by atoms with E-state index in [-0.39, 0.29) is 0 Å². The first-order valence-corrected chi connectivity index (χ1v) is 8.74. The third-order valence-electron chi connectivity index (χ3n) is 5.33. The highest BCUT2D eigenvalue weighted by Gasteiger charge is 2.45. The SMILES string of the molecule is c1csc(CN2CC3(CCCC3)NCC2C2CC2)c1. The van der Waals surface area contributed by atoms with Gasteiger partial charge < -0.3 is 5.32 Å². The minimum Gasteiger partial charge on any atom is -0.308 e. The van der Waals surface area contributed by atoms with Crippen LogP contribution in [0.1, 0.15) is 43.4 Å². The fraction of sp³-hybridized carbons (Fsp3) is 0.750. The number of piperazine rings is 1. The maximum absolute atomic E-state index is 3.94. The molecule has 1 saturated heterocycles. The van der Waals surface area contributed by atoms with E-state index in [4.69, 9.17) is 0 Å². The lowest BCUT2D eigenvalue weighted by Crippen LogP contribution is -2.63. The van der Waals surface area contributed by atoms with Gasteiger partial charge in [0.05, 0.1) is 0 Å². The van der Waals surface area contributed by atoms with Gasteiger partial charge in [0, 0.05) is 36.1 Å². The molecule has 3 heteroatoms. The van der Waals surface area contributed by atoms with Gasteiger partial charge in [-0.25, -0.2) is 0 Å². The van der Waals surface area contributed by atoms with Crippen molar-refractivity contribution in [1.82, 2.24) is 10.2 Å². The highest BCUT2D eigenvalue weighted by atomic mass is 32.1. The van der Waals surface area contributed by atoms with Crippen LogP contribution in [0, 0.1) is 5.92 Å². The molecule has 0 aromatic carbocycles. The van der Waals surface area contributed by atoms with Crippen molar-refractivity contribution in [3.05, 3.63) is 22.4 Å². The second-order valence-corrected chi connectivity index (χ2v) is 7.79. The number of thiophene rings is 1. The summed E-state index contributed by atoms with van der Waals surface area (Å²) < 4.78 is 0. The van der Waals surface area contributed by atoms with Crippen LogP contribution in [0.15, 0.2) is 17.5 Å². The van der Waals surface area contributed by atoms with E-state index in [0.717, 1.165) is 12.0 Å². The Kier molecular flexibility index (Phi) is 3.17. The fourth-order valence-corrected chi connectivity index (χ4v) is 4.85. The van der Waals surface area contributed by atoms with E-state index < -0.39 is 0 Å². The summed E-state index contributed by atoms with van der Waals surface area (Å²) in [7, 11) is 0. The zero-order valence-electron chi connectivity index (χ0n) is 11.6. The molecule has 1 aromatic rings. The number of nitrogens with one attached hydrogen (secondary N) is 1. The van der Waals surface area contributed by atoms with Crippen LogP contribution >= 0.6 is 11.3 Å². The molecule has 2 heterocycles. The molecule has 2 aliphatic carbocycles. The minimum atomic E-state index is 0.461. The van der Waals surface area contributed by atoms with E-state index in [9.17, 15) is 0 Å². The summed E-state index contributed by atoms with van der Waals surface area (Å²) in [5.41, 5.74) is 0.461. The lowest BCUT2D eigenvalue weighted by atomic mass is 9.91. The number of hydrogen-bond donors (Lipinski definition) is 1. The van der Waals surface area contributed by atoms with Gasteiger partial charge in [-0.3, -0.25) is 4.90 Å². The van der Waals surface area contributed by atoms with Gasteiger partial charge >= 0.3 is 0 Å². The van der Waals surface area contributed by atoms with Crippen molar-refractivity contribution in [3.63, 3.8) is 0 Å². The minimum absolute atomic E-state index is 0.461. The Morgan fingerprint density at radius 3 is 2.84 bits per heavy atom. The average Bonchev–Trinajstić information content (AvgIpc) is 2.94. The van der Waals surface area contributed by atoms with E-state index in [1.165, 1.54) is 58.2 Å². The first-order chi connectivity index (χ1) is 9.35. The Labute approximate surface area is 120 Å². The smallest absolute Gasteiger partial charge is 0.0332 e. The molecule has 2 nitrogen and oxygen atoms in total. The predicted molar refractivity (Wildman–Crippen MR) is 80.4 cm³/mol. The summed E-state index contributed by atoms with van der Waals surface area (Å²) in [6.45, 7) is 3.70. The van der Waals surface area contributed by atoms with Crippen LogP contribution in [0.25, 0.3) is 0 Å². The van der Waals surface area contributed by atoms with Crippen molar-refractivity contribution >= 4 is 11.3 Å². The second kappa shape index (κ2) is 4.87. The molecule has 0 bridgehead atoms. The van der Waals surface area contributed by atoms with E-state index >= 15 is 0 Å². The third-order valence-corrected chi connectivity index (χ3v) is 6.19. The molecule has 104 valence electrons. The number of hydrogen-bond acceptors (Lipinski definition) is 3. The Bertz CT molecular complexity index is 418. The molecule has 1 spiro atoms. The molecule has 1 aromatic heterocycles. The van der Waals surface area contributed by atoms with Gasteiger partial charge in [-0.1, -0.05) is 18.9 Å². The summed E-state index contributed by atoms with van der Waals surface area (Å²) in [6, 6.07) is 5.30. The Morgan fingerprint density at radius 2 is 2.16 bits per heavy atom. The van der Waals surface area contributed by atoms with Crippen LogP contribution in [0.5, 0.6) is 0 Å². The second-order valence-electron chi connectivity index (χ2n) is 6.76. The highest BCUT2D eigenvalue weighted by Crippen LogP contribution is 2.41. The topological polar surface area (TPSA) is 15.3 Å². The molecule has 0 amide bonds. The van der Waals surface area contributed by atoms with Crippen molar-refractivity contribution < 1.29 is 0 Å². The van der Waals surface area contributed by atoms with Gasteiger partial charge in [-0.15, -0.1) is 11.3 Å². The van der Waals surface area contributed by atoms with Crippen LogP contribution in [0.3, 0.4) is 0 Å². The van der Waals surface area contributed by atoms with E-state index in [0.29, 0.717) is 5.54 Å². The molecule has 1 N–H and O–H groups in total. The maximum atomic E-state index is 3.94. The van der Waals surface area contributed by atoms with Crippen molar-refractivity contribution in [2.24, 2.45) is 5.92 Å². The van der Waals surface area contributed by atoms with Gasteiger partial charge in [0.15, 0.2) is 0 Å². The van der Waals surface area contributed by atoms with Crippen LogP contribution in [0.2, 0.25) is 0 Å². The van der Waals surface area contributed by atoms with Gasteiger partial charge in [0.2, 0.25) is 0 Å². The normalized spacial score (nSPS) is 31.1. The van der Waals surface area contributed by atoms with Crippen molar-refractivity contribution in [3.8, 4) is 0 Å². The molecular weight excluding hydrogens is 252 g/mol. The molecule has 2 saturated carbocycles. The van der Waals surface area contributed by atoms with Crippen molar-refractivity contribution in [2.75, 3.05) is 13.1 Å². The molecule has 3 fully saturated rings. The average molecular weight is 276 g/mol. The first kappa shape index (κ1) is 12.4. The van der Waals surface area contributed by atoms with E-state index in [1.807, 2.05) is 11.3 Å². The van der Waals surface area contributed by atoms with Gasteiger partial charge in [0.1, 0.15) is 0 Å². The van der Waals surface area contributed by atoms with Crippen LogP contribution in [0.4, 0.5) is 0 Å².